The van der Waals surface area contributed by atoms with Crippen LogP contribution in [-0.2, 0) is 9.13 Å². The molecular formula is C10H18O6P2. The van der Waals surface area contributed by atoms with E-state index in [1.807, 2.05) is 0 Å². The fourth-order valence-electron chi connectivity index (χ4n) is 4.85. The van der Waals surface area contributed by atoms with Gasteiger partial charge in [-0.1, -0.05) is 0 Å². The van der Waals surface area contributed by atoms with Gasteiger partial charge in [-0.2, -0.15) is 0 Å². The van der Waals surface area contributed by atoms with Crippen LogP contribution in [0.3, 0.4) is 0 Å². The SMILES string of the molecule is O=P(O)(O)C12CC3CC(C1)CC(P(=O)(O)O)(C3)C2. The molecule has 0 saturated heterocycles. The molecule has 4 saturated carbocycles. The van der Waals surface area contributed by atoms with Crippen molar-refractivity contribution in [2.75, 3.05) is 0 Å². The van der Waals surface area contributed by atoms with Crippen LogP contribution in [0.25, 0.3) is 0 Å². The minimum Gasteiger partial charge on any atom is -0.324 e. The van der Waals surface area contributed by atoms with E-state index in [1.54, 1.807) is 0 Å². The standard InChI is InChI=1S/C10H18O6P2/c11-17(12,13)9-2-7-1-8(4-9)5-10(3-7,6-9)18(14,15)16/h7-8H,1-6H2,(H2,11,12,13)(H2,14,15,16). The summed E-state index contributed by atoms with van der Waals surface area (Å²) in [6.07, 6.45) is 2.56. The summed E-state index contributed by atoms with van der Waals surface area (Å²) in [5, 5.41) is -2.34. The summed E-state index contributed by atoms with van der Waals surface area (Å²) in [5.41, 5.74) is 0. The molecule has 0 amide bonds. The highest BCUT2D eigenvalue weighted by atomic mass is 31.2. The maximum Gasteiger partial charge on any atom is 0.331 e. The summed E-state index contributed by atoms with van der Waals surface area (Å²) in [7, 11) is -8.64. The van der Waals surface area contributed by atoms with E-state index in [0.29, 0.717) is 25.7 Å². The van der Waals surface area contributed by atoms with Crippen LogP contribution in [0.4, 0.5) is 0 Å². The molecule has 4 N–H and O–H groups in total. The van der Waals surface area contributed by atoms with E-state index in [-0.39, 0.29) is 18.3 Å². The molecule has 4 bridgehead atoms. The highest BCUT2D eigenvalue weighted by molar-refractivity contribution is 7.55. The fourth-order valence-corrected chi connectivity index (χ4v) is 7.97. The Morgan fingerprint density at radius 1 is 0.778 bits per heavy atom. The van der Waals surface area contributed by atoms with Gasteiger partial charge in [-0.15, -0.1) is 0 Å². The second-order valence-corrected chi connectivity index (χ2v) is 10.6. The largest absolute Gasteiger partial charge is 0.331 e. The molecule has 0 aliphatic heterocycles. The van der Waals surface area contributed by atoms with Gasteiger partial charge in [0, 0.05) is 0 Å². The van der Waals surface area contributed by atoms with Crippen LogP contribution in [0.5, 0.6) is 0 Å². The summed E-state index contributed by atoms with van der Waals surface area (Å²) >= 11 is 0. The lowest BCUT2D eigenvalue weighted by Crippen LogP contribution is -2.58. The van der Waals surface area contributed by atoms with Gasteiger partial charge in [0.05, 0.1) is 10.3 Å². The highest BCUT2D eigenvalue weighted by Gasteiger charge is 2.68. The van der Waals surface area contributed by atoms with Crippen LogP contribution < -0.4 is 0 Å². The topological polar surface area (TPSA) is 115 Å². The molecule has 4 aliphatic rings. The number of rotatable bonds is 2. The zero-order valence-corrected chi connectivity index (χ0v) is 11.7. The van der Waals surface area contributed by atoms with Crippen molar-refractivity contribution in [1.82, 2.24) is 0 Å². The van der Waals surface area contributed by atoms with Gasteiger partial charge in [-0.25, -0.2) is 0 Å². The lowest BCUT2D eigenvalue weighted by atomic mass is 9.55. The summed E-state index contributed by atoms with van der Waals surface area (Å²) in [5.74, 6) is 0.123. The van der Waals surface area contributed by atoms with Crippen molar-refractivity contribution in [1.29, 1.82) is 0 Å². The van der Waals surface area contributed by atoms with Crippen molar-refractivity contribution < 1.29 is 28.7 Å². The monoisotopic (exact) mass is 296 g/mol. The van der Waals surface area contributed by atoms with Gasteiger partial charge in [0.15, 0.2) is 0 Å². The predicted octanol–water partition coefficient (Wildman–Crippen LogP) is 1.43. The zero-order chi connectivity index (χ0) is 13.4. The molecule has 0 aromatic carbocycles. The summed E-state index contributed by atoms with van der Waals surface area (Å²) < 4.78 is 23.6. The Labute approximate surface area is 105 Å². The first-order chi connectivity index (χ1) is 8.07. The molecular weight excluding hydrogens is 278 g/mol. The Morgan fingerprint density at radius 3 is 1.39 bits per heavy atom. The van der Waals surface area contributed by atoms with E-state index in [2.05, 4.69) is 0 Å². The van der Waals surface area contributed by atoms with Gasteiger partial charge in [0.1, 0.15) is 0 Å². The molecule has 18 heavy (non-hydrogen) atoms. The average Bonchev–Trinajstić information content (AvgIpc) is 2.11. The molecule has 6 nitrogen and oxygen atoms in total. The van der Waals surface area contributed by atoms with Crippen LogP contribution in [0.2, 0.25) is 0 Å². The third-order valence-corrected chi connectivity index (χ3v) is 8.75. The van der Waals surface area contributed by atoms with Gasteiger partial charge in [0.2, 0.25) is 0 Å². The molecule has 4 fully saturated rings. The van der Waals surface area contributed by atoms with E-state index in [1.165, 1.54) is 0 Å². The molecule has 0 unspecified atom stereocenters. The van der Waals surface area contributed by atoms with Crippen LogP contribution in [0, 0.1) is 11.8 Å². The maximum atomic E-state index is 11.8. The quantitative estimate of drug-likeness (QED) is 0.573. The normalized spacial score (nSPS) is 47.6. The number of hydrogen-bond acceptors (Lipinski definition) is 2. The average molecular weight is 296 g/mol. The predicted molar refractivity (Wildman–Crippen MR) is 64.2 cm³/mol. The first-order valence-electron chi connectivity index (χ1n) is 6.18. The molecule has 0 aromatic rings. The van der Waals surface area contributed by atoms with Crippen LogP contribution in [-0.4, -0.2) is 29.9 Å². The third-order valence-electron chi connectivity index (χ3n) is 5.24. The van der Waals surface area contributed by atoms with Crippen molar-refractivity contribution in [2.45, 2.75) is 48.8 Å². The molecule has 0 heterocycles. The van der Waals surface area contributed by atoms with Crippen molar-refractivity contribution in [3.63, 3.8) is 0 Å². The molecule has 4 rings (SSSR count). The van der Waals surface area contributed by atoms with E-state index >= 15 is 0 Å². The van der Waals surface area contributed by atoms with Gasteiger partial charge in [0.25, 0.3) is 0 Å². The van der Waals surface area contributed by atoms with Crippen LogP contribution in [0.1, 0.15) is 38.5 Å². The minimum absolute atomic E-state index is 0.0123. The Hall–Kier alpha value is 0.300. The van der Waals surface area contributed by atoms with Crippen molar-refractivity contribution >= 4 is 15.2 Å². The van der Waals surface area contributed by atoms with Crippen molar-refractivity contribution in [3.05, 3.63) is 0 Å². The first-order valence-corrected chi connectivity index (χ1v) is 9.41. The second kappa shape index (κ2) is 3.49. The highest BCUT2D eigenvalue weighted by Crippen LogP contribution is 2.76. The lowest BCUT2D eigenvalue weighted by molar-refractivity contribution is 0.0256. The van der Waals surface area contributed by atoms with Gasteiger partial charge < -0.3 is 19.6 Å². The third kappa shape index (κ3) is 1.64. The Kier molecular flexibility index (Phi) is 2.58. The van der Waals surface area contributed by atoms with Crippen molar-refractivity contribution in [2.24, 2.45) is 11.8 Å². The molecule has 0 radical (unpaired) electrons. The lowest BCUT2D eigenvalue weighted by Gasteiger charge is -2.61. The van der Waals surface area contributed by atoms with E-state index in [4.69, 9.17) is 0 Å². The second-order valence-electron chi connectivity index (χ2n) is 6.50. The zero-order valence-electron chi connectivity index (χ0n) is 9.90. The van der Waals surface area contributed by atoms with Gasteiger partial charge in [-0.05, 0) is 50.4 Å². The molecule has 0 atom stereocenters. The molecule has 0 aromatic heterocycles. The molecule has 0 spiro atoms. The van der Waals surface area contributed by atoms with E-state index in [9.17, 15) is 28.7 Å². The Morgan fingerprint density at radius 2 is 1.11 bits per heavy atom. The van der Waals surface area contributed by atoms with Crippen molar-refractivity contribution in [3.8, 4) is 0 Å². The van der Waals surface area contributed by atoms with Crippen LogP contribution in [0.15, 0.2) is 0 Å². The van der Waals surface area contributed by atoms with E-state index < -0.39 is 25.5 Å². The Bertz CT molecular complexity index is 423. The van der Waals surface area contributed by atoms with Crippen LogP contribution >= 0.6 is 15.2 Å². The summed E-state index contributed by atoms with van der Waals surface area (Å²) in [6, 6.07) is 0. The first kappa shape index (κ1) is 13.3. The molecule has 104 valence electrons. The smallest absolute Gasteiger partial charge is 0.324 e. The van der Waals surface area contributed by atoms with Gasteiger partial charge >= 0.3 is 15.2 Å². The molecule has 8 heteroatoms. The summed E-state index contributed by atoms with van der Waals surface area (Å²) in [4.78, 5) is 38.5. The Balaban J connectivity index is 2.09. The summed E-state index contributed by atoms with van der Waals surface area (Å²) in [6.45, 7) is 0. The minimum atomic E-state index is -4.32. The maximum absolute atomic E-state index is 11.8. The number of hydrogen-bond donors (Lipinski definition) is 4. The fraction of sp³-hybridized carbons (Fsp3) is 1.00. The van der Waals surface area contributed by atoms with Gasteiger partial charge in [-0.3, -0.25) is 9.13 Å². The molecule has 4 aliphatic carbocycles. The van der Waals surface area contributed by atoms with E-state index in [0.717, 1.165) is 6.42 Å².